The zero-order chi connectivity index (χ0) is 19.9. The summed E-state index contributed by atoms with van der Waals surface area (Å²) in [6.07, 6.45) is 0. The molecule has 0 unspecified atom stereocenters. The summed E-state index contributed by atoms with van der Waals surface area (Å²) in [5.41, 5.74) is 0.716. The first-order valence-electron chi connectivity index (χ1n) is 7.64. The maximum absolute atomic E-state index is 13.8. The lowest BCUT2D eigenvalue weighted by Gasteiger charge is -2.11. The Morgan fingerprint density at radius 1 is 1.15 bits per heavy atom. The van der Waals surface area contributed by atoms with E-state index in [-0.39, 0.29) is 21.2 Å². The zero-order valence-corrected chi connectivity index (χ0v) is 17.4. The molecule has 1 heterocycles. The first-order chi connectivity index (χ1) is 12.6. The van der Waals surface area contributed by atoms with Crippen LogP contribution in [0, 0.1) is 12.7 Å². The van der Waals surface area contributed by atoms with Gasteiger partial charge in [-0.15, -0.1) is 0 Å². The predicted octanol–water partition coefficient (Wildman–Crippen LogP) is 3.84. The van der Waals surface area contributed by atoms with Crippen LogP contribution in [-0.2, 0) is 17.1 Å². The monoisotopic (exact) mass is 473 g/mol. The fourth-order valence-electron chi connectivity index (χ4n) is 2.51. The Bertz CT molecular complexity index is 1190. The van der Waals surface area contributed by atoms with Crippen LogP contribution in [0.5, 0.6) is 0 Å². The van der Waals surface area contributed by atoms with Gasteiger partial charge in [0, 0.05) is 12.1 Å². The molecule has 142 valence electrons. The Morgan fingerprint density at radius 2 is 1.78 bits per heavy atom. The number of halogens is 3. The van der Waals surface area contributed by atoms with Crippen molar-refractivity contribution in [1.82, 2.24) is 9.36 Å². The summed E-state index contributed by atoms with van der Waals surface area (Å²) in [6.45, 7) is 1.78. The summed E-state index contributed by atoms with van der Waals surface area (Å²) in [6, 6.07) is 9.25. The first kappa shape index (κ1) is 19.7. The maximum Gasteiger partial charge on any atom is 0.285 e. The molecule has 0 aliphatic rings. The number of sulfonamides is 1. The van der Waals surface area contributed by atoms with E-state index in [2.05, 4.69) is 20.7 Å². The van der Waals surface area contributed by atoms with E-state index in [0.29, 0.717) is 10.2 Å². The van der Waals surface area contributed by atoms with Gasteiger partial charge in [-0.2, -0.15) is 0 Å². The molecule has 0 spiro atoms. The van der Waals surface area contributed by atoms with Gasteiger partial charge in [-0.25, -0.2) is 17.5 Å². The van der Waals surface area contributed by atoms with Gasteiger partial charge >= 0.3 is 0 Å². The first-order valence-corrected chi connectivity index (χ1v) is 10.3. The third kappa shape index (κ3) is 3.67. The van der Waals surface area contributed by atoms with E-state index in [4.69, 9.17) is 11.6 Å². The average Bonchev–Trinajstić information content (AvgIpc) is 2.81. The van der Waals surface area contributed by atoms with Crippen LogP contribution in [-0.4, -0.2) is 17.8 Å². The topological polar surface area (TPSA) is 73.1 Å². The molecule has 0 bridgehead atoms. The molecule has 6 nitrogen and oxygen atoms in total. The van der Waals surface area contributed by atoms with Gasteiger partial charge in [0.25, 0.3) is 15.6 Å². The SMILES string of the molecule is Cc1c(Br)c(=O)n(-c2ccc(S(=O)(=O)Nc3cc(Cl)ccc3F)cc2)n1C. The Hall–Kier alpha value is -2.10. The van der Waals surface area contributed by atoms with E-state index in [0.717, 1.165) is 11.8 Å². The number of hydrogen-bond donors (Lipinski definition) is 1. The van der Waals surface area contributed by atoms with Crippen molar-refractivity contribution in [3.8, 4) is 5.69 Å². The van der Waals surface area contributed by atoms with Crippen molar-refractivity contribution >= 4 is 43.2 Å². The fraction of sp³-hybridized carbons (Fsp3) is 0.118. The Kier molecular flexibility index (Phi) is 5.20. The molecule has 1 N–H and O–H groups in total. The van der Waals surface area contributed by atoms with Gasteiger partial charge in [-0.05, 0) is 65.3 Å². The Morgan fingerprint density at radius 3 is 2.33 bits per heavy atom. The van der Waals surface area contributed by atoms with Crippen LogP contribution in [0.4, 0.5) is 10.1 Å². The molecule has 27 heavy (non-hydrogen) atoms. The van der Waals surface area contributed by atoms with Gasteiger partial charge in [-0.1, -0.05) is 11.6 Å². The van der Waals surface area contributed by atoms with Crippen molar-refractivity contribution in [3.63, 3.8) is 0 Å². The molecule has 3 rings (SSSR count). The van der Waals surface area contributed by atoms with Crippen molar-refractivity contribution in [3.05, 3.63) is 73.8 Å². The van der Waals surface area contributed by atoms with Crippen LogP contribution in [0.1, 0.15) is 5.69 Å². The summed E-state index contributed by atoms with van der Waals surface area (Å²) >= 11 is 9.02. The molecular formula is C17H14BrClFN3O3S. The van der Waals surface area contributed by atoms with E-state index in [1.54, 1.807) is 18.7 Å². The van der Waals surface area contributed by atoms with Crippen LogP contribution in [0.2, 0.25) is 5.02 Å². The third-order valence-electron chi connectivity index (χ3n) is 4.05. The predicted molar refractivity (Wildman–Crippen MR) is 106 cm³/mol. The standard InChI is InChI=1S/C17H14BrClFN3O3S/c1-10-16(18)17(24)23(22(10)2)12-4-6-13(7-5-12)27(25,26)21-15-9-11(19)3-8-14(15)20/h3-9,21H,1-2H3. The normalized spacial score (nSPS) is 11.6. The highest BCUT2D eigenvalue weighted by atomic mass is 79.9. The van der Waals surface area contributed by atoms with Crippen LogP contribution < -0.4 is 10.3 Å². The molecule has 1 aromatic heterocycles. The van der Waals surface area contributed by atoms with Gasteiger partial charge in [0.1, 0.15) is 10.3 Å². The summed E-state index contributed by atoms with van der Waals surface area (Å²) in [5.74, 6) is -0.740. The summed E-state index contributed by atoms with van der Waals surface area (Å²) < 4.78 is 44.5. The second kappa shape index (κ2) is 7.14. The van der Waals surface area contributed by atoms with Crippen LogP contribution in [0.3, 0.4) is 0 Å². The highest BCUT2D eigenvalue weighted by Gasteiger charge is 2.18. The van der Waals surface area contributed by atoms with Gasteiger partial charge in [0.2, 0.25) is 0 Å². The van der Waals surface area contributed by atoms with Gasteiger partial charge in [0.05, 0.1) is 22.0 Å². The smallest absolute Gasteiger partial charge is 0.284 e. The largest absolute Gasteiger partial charge is 0.285 e. The molecule has 0 saturated carbocycles. The molecule has 10 heteroatoms. The van der Waals surface area contributed by atoms with Crippen molar-refractivity contribution in [2.24, 2.45) is 7.05 Å². The zero-order valence-electron chi connectivity index (χ0n) is 14.2. The van der Waals surface area contributed by atoms with Gasteiger partial charge in [-0.3, -0.25) is 14.2 Å². The number of benzene rings is 2. The molecule has 0 radical (unpaired) electrons. The Labute approximate surface area is 168 Å². The van der Waals surface area contributed by atoms with E-state index in [1.165, 1.54) is 41.1 Å². The van der Waals surface area contributed by atoms with E-state index < -0.39 is 15.8 Å². The summed E-state index contributed by atoms with van der Waals surface area (Å²) in [7, 11) is -2.31. The lowest BCUT2D eigenvalue weighted by Crippen LogP contribution is -2.20. The van der Waals surface area contributed by atoms with Crippen molar-refractivity contribution in [1.29, 1.82) is 0 Å². The number of nitrogens with zero attached hydrogens (tertiary/aromatic N) is 2. The fourth-order valence-corrected chi connectivity index (χ4v) is 4.17. The molecule has 0 atom stereocenters. The molecule has 0 fully saturated rings. The minimum Gasteiger partial charge on any atom is -0.284 e. The summed E-state index contributed by atoms with van der Waals surface area (Å²) in [4.78, 5) is 12.2. The van der Waals surface area contributed by atoms with Crippen LogP contribution in [0.15, 0.2) is 56.6 Å². The number of rotatable bonds is 4. The number of nitrogens with one attached hydrogen (secondary N) is 1. The van der Waals surface area contributed by atoms with Crippen LogP contribution in [0.25, 0.3) is 5.69 Å². The number of aromatic nitrogens is 2. The van der Waals surface area contributed by atoms with Crippen molar-refractivity contribution < 1.29 is 12.8 Å². The minimum absolute atomic E-state index is 0.0799. The van der Waals surface area contributed by atoms with E-state index in [9.17, 15) is 17.6 Å². The molecule has 0 amide bonds. The molecule has 0 aliphatic carbocycles. The lowest BCUT2D eigenvalue weighted by molar-refractivity contribution is 0.598. The summed E-state index contributed by atoms with van der Waals surface area (Å²) in [5, 5.41) is 0.202. The maximum atomic E-state index is 13.8. The van der Waals surface area contributed by atoms with Gasteiger partial charge in [0.15, 0.2) is 0 Å². The molecular weight excluding hydrogens is 461 g/mol. The van der Waals surface area contributed by atoms with Crippen molar-refractivity contribution in [2.75, 3.05) is 4.72 Å². The second-order valence-electron chi connectivity index (χ2n) is 5.76. The van der Waals surface area contributed by atoms with Crippen molar-refractivity contribution in [2.45, 2.75) is 11.8 Å². The minimum atomic E-state index is -4.03. The highest BCUT2D eigenvalue weighted by Crippen LogP contribution is 2.23. The van der Waals surface area contributed by atoms with Crippen LogP contribution >= 0.6 is 27.5 Å². The molecule has 2 aromatic carbocycles. The number of anilines is 1. The highest BCUT2D eigenvalue weighted by molar-refractivity contribution is 9.10. The molecule has 0 saturated heterocycles. The average molecular weight is 475 g/mol. The quantitative estimate of drug-likeness (QED) is 0.624. The lowest BCUT2D eigenvalue weighted by atomic mass is 10.3. The van der Waals surface area contributed by atoms with E-state index in [1.807, 2.05) is 0 Å². The second-order valence-corrected chi connectivity index (χ2v) is 8.68. The third-order valence-corrected chi connectivity index (χ3v) is 6.58. The number of hydrogen-bond acceptors (Lipinski definition) is 3. The van der Waals surface area contributed by atoms with Gasteiger partial charge < -0.3 is 0 Å². The van der Waals surface area contributed by atoms with E-state index >= 15 is 0 Å². The molecule has 0 aliphatic heterocycles. The molecule has 3 aromatic rings. The Balaban J connectivity index is 1.97.